The zero-order valence-corrected chi connectivity index (χ0v) is 18.0. The van der Waals surface area contributed by atoms with E-state index in [4.69, 9.17) is 10.5 Å². The van der Waals surface area contributed by atoms with E-state index in [0.29, 0.717) is 17.5 Å². The number of carbonyl (C=O) groups is 2. The molecule has 2 heterocycles. The van der Waals surface area contributed by atoms with Crippen LogP contribution in [0.5, 0.6) is 0 Å². The van der Waals surface area contributed by atoms with E-state index in [1.807, 2.05) is 29.2 Å². The van der Waals surface area contributed by atoms with Crippen molar-refractivity contribution in [1.82, 2.24) is 4.90 Å². The van der Waals surface area contributed by atoms with E-state index in [1.165, 1.54) is 0 Å². The number of aliphatic carboxylic acids is 1. The van der Waals surface area contributed by atoms with Gasteiger partial charge in [0.25, 0.3) is 0 Å². The van der Waals surface area contributed by atoms with E-state index < -0.39 is 12.1 Å². The first-order valence-corrected chi connectivity index (χ1v) is 8.44. The summed E-state index contributed by atoms with van der Waals surface area (Å²) in [4.78, 5) is 24.2. The van der Waals surface area contributed by atoms with Gasteiger partial charge in [0.2, 0.25) is 0 Å². The normalized spacial score (nSPS) is 20.0. The maximum Gasteiger partial charge on any atom is 1.00 e. The number of amides is 1. The van der Waals surface area contributed by atoms with Gasteiger partial charge in [-0.3, -0.25) is 0 Å². The van der Waals surface area contributed by atoms with Crippen molar-refractivity contribution in [2.24, 2.45) is 17.6 Å². The Bertz CT molecular complexity index is 740. The van der Waals surface area contributed by atoms with Crippen LogP contribution in [0.15, 0.2) is 30.0 Å². The summed E-state index contributed by atoms with van der Waals surface area (Å²) in [5.41, 5.74) is 7.76. The second-order valence-electron chi connectivity index (χ2n) is 6.75. The number of ether oxygens (including phenoxy) is 1. The molecular weight excluding hydrogens is 355 g/mol. The summed E-state index contributed by atoms with van der Waals surface area (Å²) in [6.07, 6.45) is 7.91. The predicted molar refractivity (Wildman–Crippen MR) is 96.1 cm³/mol. The van der Waals surface area contributed by atoms with Crippen molar-refractivity contribution in [2.45, 2.75) is 32.9 Å². The zero-order chi connectivity index (χ0) is 19.4. The van der Waals surface area contributed by atoms with E-state index in [-0.39, 0.29) is 42.2 Å². The molecule has 1 fully saturated rings. The van der Waals surface area contributed by atoms with Crippen molar-refractivity contribution in [1.29, 1.82) is 0 Å². The molecule has 3 rings (SSSR count). The number of nitrogens with zero attached hydrogens (tertiary/aromatic N) is 1. The molecule has 2 unspecified atom stereocenters. The van der Waals surface area contributed by atoms with Gasteiger partial charge in [0.05, 0.1) is 11.7 Å². The fourth-order valence-corrected chi connectivity index (χ4v) is 3.68. The van der Waals surface area contributed by atoms with Gasteiger partial charge in [-0.15, -0.1) is 12.8 Å². The number of carbonyl (C=O) groups excluding carboxylic acids is 2. The number of rotatable bonds is 5. The summed E-state index contributed by atoms with van der Waals surface area (Å²) in [5.74, 6) is -0.0714. The summed E-state index contributed by atoms with van der Waals surface area (Å²) in [6, 6.07) is 7.59. The molecule has 1 saturated heterocycles. The molecule has 2 atom stereocenters. The van der Waals surface area contributed by atoms with Crippen LogP contribution in [0.25, 0.3) is 5.57 Å². The predicted octanol–water partition coefficient (Wildman–Crippen LogP) is -1.64. The van der Waals surface area contributed by atoms with E-state index in [9.17, 15) is 14.7 Å². The molecule has 0 saturated carbocycles. The van der Waals surface area contributed by atoms with Crippen molar-refractivity contribution < 1.29 is 49.0 Å². The van der Waals surface area contributed by atoms with Gasteiger partial charge in [-0.25, -0.2) is 4.79 Å². The molecule has 6 nitrogen and oxygen atoms in total. The number of hydrogen-bond acceptors (Lipinski definition) is 5. The number of primary amides is 1. The number of fused-ring (bicyclic) bond motifs is 1. The van der Waals surface area contributed by atoms with Gasteiger partial charge in [0.15, 0.2) is 0 Å². The molecule has 0 radical (unpaired) electrons. The van der Waals surface area contributed by atoms with Gasteiger partial charge >= 0.3 is 35.7 Å². The molecule has 0 aliphatic carbocycles. The van der Waals surface area contributed by atoms with Crippen LogP contribution in [-0.2, 0) is 16.1 Å². The molecule has 1 amide bonds. The summed E-state index contributed by atoms with van der Waals surface area (Å²) in [5, 5.41) is 11.6. The fourth-order valence-electron chi connectivity index (χ4n) is 3.68. The Balaban J connectivity index is 0.00000118. The first kappa shape index (κ1) is 23.1. The zero-order valence-electron chi connectivity index (χ0n) is 16.0. The van der Waals surface area contributed by atoms with Crippen LogP contribution in [0.2, 0.25) is 0 Å². The van der Waals surface area contributed by atoms with Crippen LogP contribution in [0, 0.1) is 24.7 Å². The Morgan fingerprint density at radius 3 is 2.37 bits per heavy atom. The molecule has 1 aromatic carbocycles. The Hall–Kier alpha value is -1.94. The van der Waals surface area contributed by atoms with Gasteiger partial charge in [0, 0.05) is 12.6 Å². The molecule has 7 heteroatoms. The largest absolute Gasteiger partial charge is 1.00 e. The fraction of sp³-hybridized carbons (Fsp3) is 0.400. The maximum atomic E-state index is 11.6. The van der Waals surface area contributed by atoms with E-state index in [2.05, 4.69) is 26.7 Å². The first-order valence-electron chi connectivity index (χ1n) is 8.44. The number of carboxylic acid groups (broad SMARTS) is 1. The van der Waals surface area contributed by atoms with Crippen molar-refractivity contribution in [2.75, 3.05) is 6.54 Å². The smallest absolute Gasteiger partial charge is 0.543 e. The molecule has 2 aliphatic heterocycles. The molecule has 1 aromatic rings. The molecule has 27 heavy (non-hydrogen) atoms. The van der Waals surface area contributed by atoms with Gasteiger partial charge < -0.3 is 25.3 Å². The molecule has 2 aliphatic rings. The molecule has 0 bridgehead atoms. The van der Waals surface area contributed by atoms with Crippen molar-refractivity contribution in [3.8, 4) is 12.8 Å². The molecule has 2 N–H and O–H groups in total. The number of benzene rings is 1. The first-order chi connectivity index (χ1) is 12.4. The number of nitrogens with two attached hydrogens (primary N) is 1. The van der Waals surface area contributed by atoms with Crippen LogP contribution < -0.4 is 40.4 Å². The number of carboxylic acids is 1. The summed E-state index contributed by atoms with van der Waals surface area (Å²) < 4.78 is 4.75. The second kappa shape index (κ2) is 9.84. The van der Waals surface area contributed by atoms with Gasteiger partial charge in [-0.1, -0.05) is 38.1 Å². The minimum absolute atomic E-state index is 0. The van der Waals surface area contributed by atoms with E-state index >= 15 is 0 Å². The van der Waals surface area contributed by atoms with Gasteiger partial charge in [-0.2, -0.15) is 0 Å². The minimum atomic E-state index is -1.11. The Labute approximate surface area is 182 Å². The molecule has 138 valence electrons. The molecule has 0 spiro atoms. The maximum absolute atomic E-state index is 11.6. The van der Waals surface area contributed by atoms with E-state index in [0.717, 1.165) is 29.7 Å². The summed E-state index contributed by atoms with van der Waals surface area (Å²) >= 11 is 0. The van der Waals surface area contributed by atoms with Crippen LogP contribution in [0.1, 0.15) is 31.4 Å². The topological polar surface area (TPSA) is 95.7 Å². The minimum Gasteiger partial charge on any atom is -0.543 e. The van der Waals surface area contributed by atoms with Crippen LogP contribution in [0.4, 0.5) is 4.79 Å². The summed E-state index contributed by atoms with van der Waals surface area (Å²) in [6.45, 7) is 5.23. The van der Waals surface area contributed by atoms with Gasteiger partial charge in [0.1, 0.15) is 6.61 Å². The third kappa shape index (κ3) is 4.86. The standard InChI is InChI=1S/C18H22N2O4.C2H2.Na/c1-10(2)14-8-20-15(14)7-13(16(20)17(21)22)12-5-3-11(4-6-12)9-24-18(19)23;1-2;/h3-6,10,14-15H,7-9H2,1-2H3,(H2,19,23)(H,21,22);1-2H;/q;;+1/p-1. The second-order valence-corrected chi connectivity index (χ2v) is 6.75. The third-order valence-electron chi connectivity index (χ3n) is 5.02. The number of terminal acetylenes is 1. The van der Waals surface area contributed by atoms with Crippen LogP contribution in [-0.4, -0.2) is 29.5 Å². The Morgan fingerprint density at radius 1 is 1.30 bits per heavy atom. The summed E-state index contributed by atoms with van der Waals surface area (Å²) in [7, 11) is 0. The average Bonchev–Trinajstić information content (AvgIpc) is 2.88. The van der Waals surface area contributed by atoms with Crippen molar-refractivity contribution in [3.63, 3.8) is 0 Å². The molecular formula is C20H23N2NaO4. The van der Waals surface area contributed by atoms with Crippen molar-refractivity contribution >= 4 is 17.6 Å². The van der Waals surface area contributed by atoms with E-state index in [1.54, 1.807) is 0 Å². The molecule has 0 aromatic heterocycles. The third-order valence-corrected chi connectivity index (χ3v) is 5.02. The SMILES string of the molecule is C#C.CC(C)C1CN2C(C(=O)[O-])=C(c3ccc(COC(N)=O)cc3)CC12.[Na+]. The van der Waals surface area contributed by atoms with Gasteiger partial charge in [-0.05, 0) is 35.0 Å². The Kier molecular flexibility index (Phi) is 8.42. The Morgan fingerprint density at radius 2 is 1.89 bits per heavy atom. The van der Waals surface area contributed by atoms with Crippen LogP contribution in [0.3, 0.4) is 0 Å². The quantitative estimate of drug-likeness (QED) is 0.490. The number of hydrogen-bond donors (Lipinski definition) is 1. The average molecular weight is 378 g/mol. The monoisotopic (exact) mass is 378 g/mol. The van der Waals surface area contributed by atoms with Crippen molar-refractivity contribution in [3.05, 3.63) is 41.1 Å². The van der Waals surface area contributed by atoms with Crippen LogP contribution >= 0.6 is 0 Å².